The summed E-state index contributed by atoms with van der Waals surface area (Å²) in [6.07, 6.45) is 1.25. The maximum atomic E-state index is 13.6. The van der Waals surface area contributed by atoms with Crippen LogP contribution in [0.2, 0.25) is 0 Å². The highest BCUT2D eigenvalue weighted by Crippen LogP contribution is 2.21. The lowest BCUT2D eigenvalue weighted by Gasteiger charge is -2.35. The van der Waals surface area contributed by atoms with E-state index in [2.05, 4.69) is 10.00 Å². The quantitative estimate of drug-likeness (QED) is 0.643. The SMILES string of the molecule is COc1ccc(F)cc1CN1CCN(C(=O)Cn2ncc(=O)c3ccccc32)CC1. The Bertz CT molecular complexity index is 1120. The van der Waals surface area contributed by atoms with Crippen molar-refractivity contribution in [3.8, 4) is 5.75 Å². The predicted molar refractivity (Wildman–Crippen MR) is 111 cm³/mol. The molecule has 1 aliphatic rings. The van der Waals surface area contributed by atoms with Crippen molar-refractivity contribution in [3.63, 3.8) is 0 Å². The minimum atomic E-state index is -0.291. The molecule has 0 atom stereocenters. The number of aromatic nitrogens is 2. The van der Waals surface area contributed by atoms with Crippen LogP contribution < -0.4 is 10.2 Å². The van der Waals surface area contributed by atoms with Gasteiger partial charge in [-0.1, -0.05) is 12.1 Å². The molecule has 0 aliphatic carbocycles. The molecule has 0 radical (unpaired) electrons. The van der Waals surface area contributed by atoms with Crippen LogP contribution in [-0.4, -0.2) is 58.8 Å². The normalized spacial score (nSPS) is 14.8. The number of fused-ring (bicyclic) bond motifs is 1. The molecule has 0 unspecified atom stereocenters. The fourth-order valence-electron chi connectivity index (χ4n) is 3.78. The maximum Gasteiger partial charge on any atom is 0.244 e. The Labute approximate surface area is 173 Å². The summed E-state index contributed by atoms with van der Waals surface area (Å²) in [4.78, 5) is 28.7. The second kappa shape index (κ2) is 8.62. The first-order valence-corrected chi connectivity index (χ1v) is 9.82. The van der Waals surface area contributed by atoms with Gasteiger partial charge < -0.3 is 9.64 Å². The van der Waals surface area contributed by atoms with Crippen LogP contribution in [0.4, 0.5) is 4.39 Å². The van der Waals surface area contributed by atoms with Crippen molar-refractivity contribution in [2.24, 2.45) is 0 Å². The molecule has 30 heavy (non-hydrogen) atoms. The summed E-state index contributed by atoms with van der Waals surface area (Å²) in [5.41, 5.74) is 1.28. The number of halogens is 1. The minimum Gasteiger partial charge on any atom is -0.496 e. The molecular weight excluding hydrogens is 387 g/mol. The first kappa shape index (κ1) is 20.0. The van der Waals surface area contributed by atoms with E-state index in [1.165, 1.54) is 18.3 Å². The van der Waals surface area contributed by atoms with Gasteiger partial charge in [-0.15, -0.1) is 0 Å². The summed E-state index contributed by atoms with van der Waals surface area (Å²) in [6.45, 7) is 3.17. The fourth-order valence-corrected chi connectivity index (χ4v) is 3.78. The highest BCUT2D eigenvalue weighted by molar-refractivity contribution is 5.81. The highest BCUT2D eigenvalue weighted by Gasteiger charge is 2.22. The number of rotatable bonds is 5. The van der Waals surface area contributed by atoms with Crippen molar-refractivity contribution < 1.29 is 13.9 Å². The first-order valence-electron chi connectivity index (χ1n) is 9.82. The zero-order valence-electron chi connectivity index (χ0n) is 16.8. The summed E-state index contributed by atoms with van der Waals surface area (Å²) in [7, 11) is 1.57. The van der Waals surface area contributed by atoms with Gasteiger partial charge in [-0.3, -0.25) is 19.2 Å². The number of amides is 1. The number of hydrogen-bond acceptors (Lipinski definition) is 5. The summed E-state index contributed by atoms with van der Waals surface area (Å²) < 4.78 is 20.5. The van der Waals surface area contributed by atoms with E-state index in [4.69, 9.17) is 4.74 Å². The maximum absolute atomic E-state index is 13.6. The van der Waals surface area contributed by atoms with Crippen LogP contribution in [0, 0.1) is 5.82 Å². The minimum absolute atomic E-state index is 0.0423. The van der Waals surface area contributed by atoms with Crippen LogP contribution in [0.15, 0.2) is 53.5 Å². The van der Waals surface area contributed by atoms with Gasteiger partial charge in [0.2, 0.25) is 11.3 Å². The second-order valence-electron chi connectivity index (χ2n) is 7.30. The van der Waals surface area contributed by atoms with Crippen molar-refractivity contribution in [2.75, 3.05) is 33.3 Å². The number of carbonyl (C=O) groups excluding carboxylic acids is 1. The topological polar surface area (TPSA) is 67.7 Å². The number of piperazine rings is 1. The van der Waals surface area contributed by atoms with Crippen molar-refractivity contribution in [1.82, 2.24) is 19.6 Å². The van der Waals surface area contributed by atoms with E-state index in [0.29, 0.717) is 49.4 Å². The fraction of sp³-hybridized carbons (Fsp3) is 0.318. The molecule has 0 spiro atoms. The third-order valence-corrected chi connectivity index (χ3v) is 5.41. The predicted octanol–water partition coefficient (Wildman–Crippen LogP) is 1.89. The molecule has 0 N–H and O–H groups in total. The lowest BCUT2D eigenvalue weighted by molar-refractivity contribution is -0.133. The van der Waals surface area contributed by atoms with Gasteiger partial charge in [0.1, 0.15) is 18.1 Å². The molecule has 1 aliphatic heterocycles. The standard InChI is InChI=1S/C22H23FN4O3/c1-30-21-7-6-17(23)12-16(21)14-25-8-10-26(11-9-25)22(29)15-27-19-5-3-2-4-18(19)20(28)13-24-27/h2-7,12-13H,8-11,14-15H2,1H3. The molecule has 1 saturated heterocycles. The van der Waals surface area contributed by atoms with E-state index < -0.39 is 0 Å². The molecule has 1 fully saturated rings. The lowest BCUT2D eigenvalue weighted by Crippen LogP contribution is -2.49. The molecule has 1 amide bonds. The van der Waals surface area contributed by atoms with Gasteiger partial charge in [-0.2, -0.15) is 5.10 Å². The smallest absolute Gasteiger partial charge is 0.244 e. The average molecular weight is 410 g/mol. The van der Waals surface area contributed by atoms with Crippen molar-refractivity contribution in [1.29, 1.82) is 0 Å². The molecule has 2 heterocycles. The second-order valence-corrected chi connectivity index (χ2v) is 7.30. The third kappa shape index (κ3) is 4.18. The van der Waals surface area contributed by atoms with E-state index in [0.717, 1.165) is 5.56 Å². The molecular formula is C22H23FN4O3. The Morgan fingerprint density at radius 3 is 2.67 bits per heavy atom. The van der Waals surface area contributed by atoms with Crippen molar-refractivity contribution >= 4 is 16.8 Å². The monoisotopic (exact) mass is 410 g/mol. The molecule has 2 aromatic carbocycles. The van der Waals surface area contributed by atoms with Crippen molar-refractivity contribution in [3.05, 3.63) is 70.3 Å². The van der Waals surface area contributed by atoms with Crippen molar-refractivity contribution in [2.45, 2.75) is 13.1 Å². The number of carbonyl (C=O) groups is 1. The number of benzene rings is 2. The molecule has 0 saturated carbocycles. The van der Waals surface area contributed by atoms with Crippen LogP contribution in [0.25, 0.3) is 10.9 Å². The van der Waals surface area contributed by atoms with Gasteiger partial charge in [-0.05, 0) is 30.3 Å². The average Bonchev–Trinajstić information content (AvgIpc) is 2.76. The van der Waals surface area contributed by atoms with E-state index in [9.17, 15) is 14.0 Å². The molecule has 156 valence electrons. The van der Waals surface area contributed by atoms with Gasteiger partial charge >= 0.3 is 0 Å². The number of methoxy groups -OCH3 is 1. The van der Waals surface area contributed by atoms with Gasteiger partial charge in [0.05, 0.1) is 18.8 Å². The van der Waals surface area contributed by atoms with E-state index in [1.807, 2.05) is 6.07 Å². The van der Waals surface area contributed by atoms with Gasteiger partial charge in [-0.25, -0.2) is 4.39 Å². The molecule has 0 bridgehead atoms. The Kier molecular flexibility index (Phi) is 5.76. The van der Waals surface area contributed by atoms with Crippen LogP contribution in [0.3, 0.4) is 0 Å². The van der Waals surface area contributed by atoms with E-state index >= 15 is 0 Å². The van der Waals surface area contributed by atoms with Crippen LogP contribution in [-0.2, 0) is 17.9 Å². The van der Waals surface area contributed by atoms with Gasteiger partial charge in [0, 0.05) is 43.7 Å². The summed E-state index contributed by atoms with van der Waals surface area (Å²) >= 11 is 0. The summed E-state index contributed by atoms with van der Waals surface area (Å²) in [6, 6.07) is 11.6. The number of hydrogen-bond donors (Lipinski definition) is 0. The molecule has 4 rings (SSSR count). The summed E-state index contributed by atoms with van der Waals surface area (Å²) in [5.74, 6) is 0.325. The lowest BCUT2D eigenvalue weighted by atomic mass is 10.1. The van der Waals surface area contributed by atoms with Crippen LogP contribution >= 0.6 is 0 Å². The Hall–Kier alpha value is -3.26. The first-order chi connectivity index (χ1) is 14.5. The Balaban J connectivity index is 1.39. The largest absolute Gasteiger partial charge is 0.496 e. The van der Waals surface area contributed by atoms with Crippen LogP contribution in [0.1, 0.15) is 5.56 Å². The number of ether oxygens (including phenoxy) is 1. The van der Waals surface area contributed by atoms with E-state index in [1.54, 1.807) is 41.0 Å². The summed E-state index contributed by atoms with van der Waals surface area (Å²) in [5, 5.41) is 4.69. The zero-order chi connectivity index (χ0) is 21.1. The molecule has 1 aromatic heterocycles. The van der Waals surface area contributed by atoms with Gasteiger partial charge in [0.25, 0.3) is 0 Å². The molecule has 7 nitrogen and oxygen atoms in total. The zero-order valence-corrected chi connectivity index (χ0v) is 16.8. The molecule has 8 heteroatoms. The third-order valence-electron chi connectivity index (χ3n) is 5.41. The van der Waals surface area contributed by atoms with Gasteiger partial charge in [0.15, 0.2) is 0 Å². The molecule has 3 aromatic rings. The number of nitrogens with zero attached hydrogens (tertiary/aromatic N) is 4. The number of para-hydroxylation sites is 1. The van der Waals surface area contributed by atoms with Crippen LogP contribution in [0.5, 0.6) is 5.75 Å². The Morgan fingerprint density at radius 2 is 1.90 bits per heavy atom. The van der Waals surface area contributed by atoms with E-state index in [-0.39, 0.29) is 23.7 Å². The Morgan fingerprint density at radius 1 is 1.13 bits per heavy atom. The highest BCUT2D eigenvalue weighted by atomic mass is 19.1.